The summed E-state index contributed by atoms with van der Waals surface area (Å²) in [6.45, 7) is 3.43. The van der Waals surface area contributed by atoms with Gasteiger partial charge in [0, 0.05) is 11.6 Å². The molecule has 1 aromatic rings. The van der Waals surface area contributed by atoms with E-state index in [-0.39, 0.29) is 17.2 Å². The fraction of sp³-hybridized carbons (Fsp3) is 0.385. The molecule has 2 N–H and O–H groups in total. The van der Waals surface area contributed by atoms with Gasteiger partial charge in [-0.2, -0.15) is 0 Å². The maximum atomic E-state index is 13.6. The first-order valence-electron chi connectivity index (χ1n) is 5.58. The minimum atomic E-state index is -0.812. The lowest BCUT2D eigenvalue weighted by molar-refractivity contribution is -0.152. The van der Waals surface area contributed by atoms with Crippen molar-refractivity contribution < 1.29 is 18.7 Å². The second-order valence-electron chi connectivity index (χ2n) is 4.67. The third-order valence-electron chi connectivity index (χ3n) is 2.54. The van der Waals surface area contributed by atoms with Gasteiger partial charge in [0.05, 0.1) is 12.5 Å². The molecule has 0 aliphatic rings. The van der Waals surface area contributed by atoms with Crippen LogP contribution in [0.3, 0.4) is 0 Å². The van der Waals surface area contributed by atoms with E-state index in [4.69, 9.17) is 22.7 Å². The van der Waals surface area contributed by atoms with Crippen LogP contribution >= 0.6 is 12.2 Å². The van der Waals surface area contributed by atoms with Gasteiger partial charge in [-0.3, -0.25) is 4.79 Å². The van der Waals surface area contributed by atoms with Crippen LogP contribution in [-0.2, 0) is 9.53 Å². The van der Waals surface area contributed by atoms with Crippen molar-refractivity contribution in [3.05, 3.63) is 29.6 Å². The van der Waals surface area contributed by atoms with Crippen LogP contribution in [0.5, 0.6) is 5.75 Å². The Morgan fingerprint density at radius 2 is 2.11 bits per heavy atom. The maximum absolute atomic E-state index is 13.6. The summed E-state index contributed by atoms with van der Waals surface area (Å²) in [6, 6.07) is 4.17. The highest BCUT2D eigenvalue weighted by molar-refractivity contribution is 7.80. The van der Waals surface area contributed by atoms with Crippen molar-refractivity contribution in [2.24, 2.45) is 11.1 Å². The molecule has 0 saturated heterocycles. The van der Waals surface area contributed by atoms with E-state index in [0.29, 0.717) is 5.75 Å². The van der Waals surface area contributed by atoms with Gasteiger partial charge in [-0.05, 0) is 26.0 Å². The fourth-order valence-corrected chi connectivity index (χ4v) is 1.55. The largest absolute Gasteiger partial charge is 0.492 e. The van der Waals surface area contributed by atoms with Gasteiger partial charge in [-0.15, -0.1) is 0 Å². The predicted molar refractivity (Wildman–Crippen MR) is 73.6 cm³/mol. The molecule has 0 unspecified atom stereocenters. The van der Waals surface area contributed by atoms with Crippen molar-refractivity contribution in [1.82, 2.24) is 0 Å². The summed E-state index contributed by atoms with van der Waals surface area (Å²) in [5.41, 5.74) is 4.70. The number of carbonyl (C=O) groups excluding carboxylic acids is 1. The molecular weight excluding hydrogens is 269 g/mol. The summed E-state index contributed by atoms with van der Waals surface area (Å²) < 4.78 is 23.6. The second-order valence-corrected chi connectivity index (χ2v) is 5.11. The van der Waals surface area contributed by atoms with E-state index in [9.17, 15) is 9.18 Å². The molecule has 0 heterocycles. The van der Waals surface area contributed by atoms with Crippen molar-refractivity contribution in [3.8, 4) is 5.75 Å². The highest BCUT2D eigenvalue weighted by Crippen LogP contribution is 2.22. The van der Waals surface area contributed by atoms with Crippen LogP contribution in [-0.4, -0.2) is 24.7 Å². The number of thiocarbonyl (C=S) groups is 1. The molecule has 1 rings (SSSR count). The van der Waals surface area contributed by atoms with E-state index in [1.54, 1.807) is 19.9 Å². The molecule has 0 radical (unpaired) electrons. The summed E-state index contributed by atoms with van der Waals surface area (Å²) in [6.07, 6.45) is 0. The average molecular weight is 285 g/mol. The molecule has 0 atom stereocenters. The van der Waals surface area contributed by atoms with Crippen molar-refractivity contribution in [1.29, 1.82) is 0 Å². The van der Waals surface area contributed by atoms with Crippen molar-refractivity contribution in [3.63, 3.8) is 0 Å². The lowest BCUT2D eigenvalue weighted by Gasteiger charge is -2.21. The van der Waals surface area contributed by atoms with E-state index in [2.05, 4.69) is 4.74 Å². The molecule has 0 aliphatic carbocycles. The second kappa shape index (κ2) is 5.97. The van der Waals surface area contributed by atoms with Crippen molar-refractivity contribution in [2.45, 2.75) is 13.8 Å². The Labute approximate surface area is 116 Å². The molecule has 104 valence electrons. The highest BCUT2D eigenvalue weighted by atomic mass is 32.1. The number of benzene rings is 1. The normalized spacial score (nSPS) is 10.9. The molecule has 0 saturated carbocycles. The van der Waals surface area contributed by atoms with Crippen molar-refractivity contribution >= 4 is 23.2 Å². The molecule has 6 heteroatoms. The van der Waals surface area contributed by atoms with Gasteiger partial charge >= 0.3 is 5.97 Å². The third kappa shape index (κ3) is 3.89. The molecule has 4 nitrogen and oxygen atoms in total. The SMILES string of the molecule is COC(=O)C(C)(C)COc1ccc(C(N)=S)c(F)c1. The molecule has 0 spiro atoms. The molecule has 0 fully saturated rings. The number of nitrogens with two attached hydrogens (primary N) is 1. The lowest BCUT2D eigenvalue weighted by Crippen LogP contribution is -2.32. The number of hydrogen-bond acceptors (Lipinski definition) is 4. The minimum absolute atomic E-state index is 0.0149. The number of esters is 1. The van der Waals surface area contributed by atoms with E-state index in [0.717, 1.165) is 0 Å². The Kier molecular flexibility index (Phi) is 4.83. The van der Waals surface area contributed by atoms with Crippen LogP contribution in [0.1, 0.15) is 19.4 Å². The number of hydrogen-bond donors (Lipinski definition) is 1. The van der Waals surface area contributed by atoms with Crippen LogP contribution in [0.2, 0.25) is 0 Å². The number of methoxy groups -OCH3 is 1. The zero-order valence-corrected chi connectivity index (χ0v) is 11.8. The molecule has 19 heavy (non-hydrogen) atoms. The van der Waals surface area contributed by atoms with Crippen LogP contribution in [0.4, 0.5) is 4.39 Å². The van der Waals surface area contributed by atoms with Gasteiger partial charge < -0.3 is 15.2 Å². The first-order chi connectivity index (χ1) is 8.77. The minimum Gasteiger partial charge on any atom is -0.492 e. The fourth-order valence-electron chi connectivity index (χ4n) is 1.38. The Balaban J connectivity index is 2.77. The Hall–Kier alpha value is -1.69. The lowest BCUT2D eigenvalue weighted by atomic mass is 9.95. The molecule has 1 aromatic carbocycles. The first-order valence-corrected chi connectivity index (χ1v) is 5.99. The predicted octanol–water partition coefficient (Wildman–Crippen LogP) is 2.04. The van der Waals surface area contributed by atoms with Crippen LogP contribution < -0.4 is 10.5 Å². The van der Waals surface area contributed by atoms with Gasteiger partial charge in [0.2, 0.25) is 0 Å². The zero-order valence-electron chi connectivity index (χ0n) is 11.0. The summed E-state index contributed by atoms with van der Waals surface area (Å²) in [5, 5.41) is 0. The van der Waals surface area contributed by atoms with Gasteiger partial charge in [0.15, 0.2) is 0 Å². The number of halogens is 1. The van der Waals surface area contributed by atoms with E-state index in [1.807, 2.05) is 0 Å². The molecule has 0 bridgehead atoms. The van der Waals surface area contributed by atoms with Gasteiger partial charge in [-0.1, -0.05) is 12.2 Å². The first kappa shape index (κ1) is 15.4. The quantitative estimate of drug-likeness (QED) is 0.662. The molecule has 0 aliphatic heterocycles. The molecule has 0 aromatic heterocycles. The van der Waals surface area contributed by atoms with E-state index >= 15 is 0 Å². The smallest absolute Gasteiger partial charge is 0.314 e. The van der Waals surface area contributed by atoms with Crippen LogP contribution in [0.25, 0.3) is 0 Å². The molecule has 0 amide bonds. The van der Waals surface area contributed by atoms with Gasteiger partial charge in [0.1, 0.15) is 23.2 Å². The standard InChI is InChI=1S/C13H16FNO3S/c1-13(2,12(16)17-3)7-18-8-4-5-9(11(15)19)10(14)6-8/h4-6H,7H2,1-3H3,(H2,15,19). The summed E-state index contributed by atoms with van der Waals surface area (Å²) in [5.74, 6) is -0.650. The maximum Gasteiger partial charge on any atom is 0.314 e. The van der Waals surface area contributed by atoms with Gasteiger partial charge in [-0.25, -0.2) is 4.39 Å². The topological polar surface area (TPSA) is 61.5 Å². The summed E-state index contributed by atoms with van der Waals surface area (Å²) >= 11 is 4.70. The monoisotopic (exact) mass is 285 g/mol. The Morgan fingerprint density at radius 3 is 2.58 bits per heavy atom. The van der Waals surface area contributed by atoms with Gasteiger partial charge in [0.25, 0.3) is 0 Å². The number of rotatable bonds is 5. The summed E-state index contributed by atoms with van der Waals surface area (Å²) in [7, 11) is 1.31. The third-order valence-corrected chi connectivity index (χ3v) is 2.76. The number of ether oxygens (including phenoxy) is 2. The van der Waals surface area contributed by atoms with Crippen molar-refractivity contribution in [2.75, 3.05) is 13.7 Å². The molecular formula is C13H16FNO3S. The number of carbonyl (C=O) groups is 1. The van der Waals surface area contributed by atoms with Crippen LogP contribution in [0, 0.1) is 11.2 Å². The average Bonchev–Trinajstić information content (AvgIpc) is 2.35. The Morgan fingerprint density at radius 1 is 1.47 bits per heavy atom. The highest BCUT2D eigenvalue weighted by Gasteiger charge is 2.29. The van der Waals surface area contributed by atoms with E-state index < -0.39 is 17.2 Å². The van der Waals surface area contributed by atoms with Crippen LogP contribution in [0.15, 0.2) is 18.2 Å². The van der Waals surface area contributed by atoms with E-state index in [1.165, 1.54) is 19.2 Å². The zero-order chi connectivity index (χ0) is 14.6. The Bertz CT molecular complexity index is 503. The summed E-state index contributed by atoms with van der Waals surface area (Å²) in [4.78, 5) is 11.4.